The first kappa shape index (κ1) is 21.9. The molecule has 0 aliphatic heterocycles. The van der Waals surface area contributed by atoms with Crippen LogP contribution in [-0.4, -0.2) is 36.0 Å². The SMILES string of the molecule is CN(C)c1nc(NC2CCC(C(=O)NCc3cc(F)ccc3F)CC2)nc2ccccc12. The van der Waals surface area contributed by atoms with Crippen LogP contribution in [-0.2, 0) is 11.3 Å². The summed E-state index contributed by atoms with van der Waals surface area (Å²) in [4.78, 5) is 23.8. The normalized spacial score (nSPS) is 18.4. The largest absolute Gasteiger partial charge is 0.362 e. The molecule has 1 aliphatic rings. The molecule has 0 atom stereocenters. The number of hydrogen-bond donors (Lipinski definition) is 2. The number of nitrogens with zero attached hydrogens (tertiary/aromatic N) is 3. The molecular formula is C24H27F2N5O. The second-order valence-electron chi connectivity index (χ2n) is 8.43. The van der Waals surface area contributed by atoms with Crippen LogP contribution >= 0.6 is 0 Å². The zero-order chi connectivity index (χ0) is 22.7. The van der Waals surface area contributed by atoms with E-state index < -0.39 is 11.6 Å². The van der Waals surface area contributed by atoms with E-state index in [1.54, 1.807) is 0 Å². The van der Waals surface area contributed by atoms with Gasteiger partial charge < -0.3 is 15.5 Å². The van der Waals surface area contributed by atoms with Crippen LogP contribution in [0.5, 0.6) is 0 Å². The molecule has 1 aliphatic carbocycles. The fourth-order valence-electron chi connectivity index (χ4n) is 4.15. The Morgan fingerprint density at radius 2 is 1.81 bits per heavy atom. The number of amides is 1. The average Bonchev–Trinajstić information content (AvgIpc) is 2.79. The molecule has 1 saturated carbocycles. The van der Waals surface area contributed by atoms with Crippen molar-refractivity contribution in [2.45, 2.75) is 38.3 Å². The number of halogens is 2. The van der Waals surface area contributed by atoms with Crippen LogP contribution in [0.2, 0.25) is 0 Å². The van der Waals surface area contributed by atoms with Gasteiger partial charge in [-0.15, -0.1) is 0 Å². The van der Waals surface area contributed by atoms with Crippen LogP contribution < -0.4 is 15.5 Å². The van der Waals surface area contributed by atoms with Crippen molar-refractivity contribution in [2.75, 3.05) is 24.3 Å². The number of nitrogens with one attached hydrogen (secondary N) is 2. The molecule has 4 rings (SSSR count). The van der Waals surface area contributed by atoms with Crippen molar-refractivity contribution >= 4 is 28.6 Å². The fourth-order valence-corrected chi connectivity index (χ4v) is 4.15. The summed E-state index contributed by atoms with van der Waals surface area (Å²) >= 11 is 0. The summed E-state index contributed by atoms with van der Waals surface area (Å²) < 4.78 is 27.1. The third kappa shape index (κ3) is 4.95. The Labute approximate surface area is 186 Å². The van der Waals surface area contributed by atoms with Gasteiger partial charge in [0.1, 0.15) is 17.5 Å². The summed E-state index contributed by atoms with van der Waals surface area (Å²) in [5, 5.41) is 7.17. The molecule has 0 bridgehead atoms. The molecule has 0 saturated heterocycles. The van der Waals surface area contributed by atoms with E-state index >= 15 is 0 Å². The Hall–Kier alpha value is -3.29. The first-order chi connectivity index (χ1) is 15.4. The maximum atomic E-state index is 13.8. The van der Waals surface area contributed by atoms with Gasteiger partial charge in [-0.3, -0.25) is 4.79 Å². The van der Waals surface area contributed by atoms with E-state index in [0.717, 1.165) is 47.8 Å². The number of benzene rings is 2. The van der Waals surface area contributed by atoms with Crippen molar-refractivity contribution < 1.29 is 13.6 Å². The Kier molecular flexibility index (Phi) is 6.48. The lowest BCUT2D eigenvalue weighted by Crippen LogP contribution is -2.36. The summed E-state index contributed by atoms with van der Waals surface area (Å²) in [6.45, 7) is -0.0150. The molecule has 2 N–H and O–H groups in total. The summed E-state index contributed by atoms with van der Waals surface area (Å²) in [6.07, 6.45) is 3.03. The zero-order valence-corrected chi connectivity index (χ0v) is 18.2. The molecule has 1 heterocycles. The number of aromatic nitrogens is 2. The van der Waals surface area contributed by atoms with E-state index in [0.29, 0.717) is 18.8 Å². The fraction of sp³-hybridized carbons (Fsp3) is 0.375. The zero-order valence-electron chi connectivity index (χ0n) is 18.2. The Balaban J connectivity index is 1.34. The third-order valence-corrected chi connectivity index (χ3v) is 5.90. The number of rotatable bonds is 6. The molecule has 1 fully saturated rings. The smallest absolute Gasteiger partial charge is 0.225 e. The van der Waals surface area contributed by atoms with Crippen LogP contribution in [0.15, 0.2) is 42.5 Å². The number of para-hydroxylation sites is 1. The lowest BCUT2D eigenvalue weighted by Gasteiger charge is -2.28. The number of fused-ring (bicyclic) bond motifs is 1. The quantitative estimate of drug-likeness (QED) is 0.601. The molecule has 168 valence electrons. The maximum Gasteiger partial charge on any atom is 0.225 e. The van der Waals surface area contributed by atoms with Gasteiger partial charge in [0.25, 0.3) is 0 Å². The minimum Gasteiger partial charge on any atom is -0.362 e. The van der Waals surface area contributed by atoms with Gasteiger partial charge in [0.2, 0.25) is 11.9 Å². The molecule has 1 aromatic heterocycles. The van der Waals surface area contributed by atoms with Crippen molar-refractivity contribution in [1.29, 1.82) is 0 Å². The highest BCUT2D eigenvalue weighted by atomic mass is 19.1. The highest BCUT2D eigenvalue weighted by molar-refractivity contribution is 5.90. The number of carbonyl (C=O) groups excluding carboxylic acids is 1. The molecular weight excluding hydrogens is 412 g/mol. The van der Waals surface area contributed by atoms with Gasteiger partial charge in [0.15, 0.2) is 0 Å². The van der Waals surface area contributed by atoms with E-state index in [-0.39, 0.29) is 30.0 Å². The van der Waals surface area contributed by atoms with Gasteiger partial charge in [-0.2, -0.15) is 4.98 Å². The first-order valence-electron chi connectivity index (χ1n) is 10.8. The second-order valence-corrected chi connectivity index (χ2v) is 8.43. The van der Waals surface area contributed by atoms with E-state index in [2.05, 4.69) is 20.6 Å². The first-order valence-corrected chi connectivity index (χ1v) is 10.8. The molecule has 2 aromatic carbocycles. The van der Waals surface area contributed by atoms with E-state index in [9.17, 15) is 13.6 Å². The number of hydrogen-bond acceptors (Lipinski definition) is 5. The Bertz CT molecular complexity index is 1110. The van der Waals surface area contributed by atoms with Crippen LogP contribution in [0.4, 0.5) is 20.5 Å². The standard InChI is InChI=1S/C24H27F2N5O/c1-31(2)22-19-5-3-4-6-21(19)29-24(30-22)28-18-10-7-15(8-11-18)23(32)27-14-16-13-17(25)9-12-20(16)26/h3-6,9,12-13,15,18H,7-8,10-11,14H2,1-2H3,(H,27,32)(H,28,29,30). The van der Waals surface area contributed by atoms with Gasteiger partial charge in [-0.05, 0) is 56.0 Å². The predicted molar refractivity (Wildman–Crippen MR) is 121 cm³/mol. The molecule has 6 nitrogen and oxygen atoms in total. The minimum atomic E-state index is -0.521. The van der Waals surface area contributed by atoms with Gasteiger partial charge in [-0.1, -0.05) is 12.1 Å². The Morgan fingerprint density at radius 3 is 2.56 bits per heavy atom. The number of anilines is 2. The highest BCUT2D eigenvalue weighted by Gasteiger charge is 2.27. The molecule has 0 radical (unpaired) electrons. The number of carbonyl (C=O) groups is 1. The third-order valence-electron chi connectivity index (χ3n) is 5.90. The van der Waals surface area contributed by atoms with Crippen LogP contribution in [0.25, 0.3) is 10.9 Å². The van der Waals surface area contributed by atoms with Gasteiger partial charge in [0.05, 0.1) is 5.52 Å². The average molecular weight is 440 g/mol. The van der Waals surface area contributed by atoms with Crippen LogP contribution in [0.3, 0.4) is 0 Å². The topological polar surface area (TPSA) is 70.2 Å². The van der Waals surface area contributed by atoms with E-state index in [4.69, 9.17) is 0 Å². The van der Waals surface area contributed by atoms with Crippen LogP contribution in [0.1, 0.15) is 31.2 Å². The minimum absolute atomic E-state index is 0.0150. The lowest BCUT2D eigenvalue weighted by atomic mass is 9.85. The van der Waals surface area contributed by atoms with Crippen LogP contribution in [0, 0.1) is 17.6 Å². The van der Waals surface area contributed by atoms with E-state index in [1.807, 2.05) is 43.3 Å². The molecule has 0 spiro atoms. The van der Waals surface area contributed by atoms with Gasteiger partial charge in [-0.25, -0.2) is 13.8 Å². The van der Waals surface area contributed by atoms with Crippen molar-refractivity contribution in [3.63, 3.8) is 0 Å². The maximum absolute atomic E-state index is 13.8. The lowest BCUT2D eigenvalue weighted by molar-refractivity contribution is -0.126. The van der Waals surface area contributed by atoms with Crippen molar-refractivity contribution in [2.24, 2.45) is 5.92 Å². The molecule has 3 aromatic rings. The van der Waals surface area contributed by atoms with Gasteiger partial charge in [0, 0.05) is 43.5 Å². The van der Waals surface area contributed by atoms with Crippen molar-refractivity contribution in [3.8, 4) is 0 Å². The van der Waals surface area contributed by atoms with E-state index in [1.165, 1.54) is 0 Å². The molecule has 1 amide bonds. The van der Waals surface area contributed by atoms with Crippen molar-refractivity contribution in [3.05, 3.63) is 59.7 Å². The van der Waals surface area contributed by atoms with Gasteiger partial charge >= 0.3 is 0 Å². The summed E-state index contributed by atoms with van der Waals surface area (Å²) in [6, 6.07) is 11.3. The summed E-state index contributed by atoms with van der Waals surface area (Å²) in [5.41, 5.74) is 1.03. The summed E-state index contributed by atoms with van der Waals surface area (Å²) in [7, 11) is 3.91. The monoisotopic (exact) mass is 439 g/mol. The second kappa shape index (κ2) is 9.46. The molecule has 32 heavy (non-hydrogen) atoms. The predicted octanol–water partition coefficient (Wildman–Crippen LogP) is 4.26. The molecule has 0 unspecified atom stereocenters. The summed E-state index contributed by atoms with van der Waals surface area (Å²) in [5.74, 6) is 0.142. The Morgan fingerprint density at radius 1 is 1.06 bits per heavy atom. The molecule has 8 heteroatoms. The van der Waals surface area contributed by atoms with Crippen molar-refractivity contribution in [1.82, 2.24) is 15.3 Å². The highest BCUT2D eigenvalue weighted by Crippen LogP contribution is 2.28.